The average Bonchev–Trinajstić information content (AvgIpc) is 2.68. The Hall–Kier alpha value is -1.30. The lowest BCUT2D eigenvalue weighted by Crippen LogP contribution is -2.03. The third-order valence-electron chi connectivity index (χ3n) is 4.07. The molecule has 1 N–H and O–H groups in total. The number of hydrogen-bond acceptors (Lipinski definition) is 3. The number of halogens is 5. The molecule has 0 atom stereocenters. The van der Waals surface area contributed by atoms with Crippen molar-refractivity contribution in [1.29, 1.82) is 0 Å². The second-order valence-corrected chi connectivity index (χ2v) is 8.64. The minimum atomic E-state index is 0.323. The number of ether oxygens (including phenoxy) is 2. The summed E-state index contributed by atoms with van der Waals surface area (Å²) in [4.78, 5) is 0. The summed E-state index contributed by atoms with van der Waals surface area (Å²) in [6.45, 7) is 0.868. The summed E-state index contributed by atoms with van der Waals surface area (Å²) in [6, 6.07) is 14.6. The van der Waals surface area contributed by atoms with Crippen molar-refractivity contribution in [2.24, 2.45) is 0 Å². The molecule has 0 bridgehead atoms. The Bertz CT molecular complexity index is 1030. The molecule has 0 amide bonds. The first kappa shape index (κ1) is 22.4. The summed E-state index contributed by atoms with van der Waals surface area (Å²) in [5.74, 6) is 1.21. The van der Waals surface area contributed by atoms with E-state index in [0.717, 1.165) is 21.3 Å². The van der Waals surface area contributed by atoms with Gasteiger partial charge in [0, 0.05) is 11.6 Å². The molecule has 0 heterocycles. The smallest absolute Gasteiger partial charge is 0.175 e. The normalized spacial score (nSPS) is 10.7. The van der Waals surface area contributed by atoms with Gasteiger partial charge in [0.1, 0.15) is 6.61 Å². The number of anilines is 1. The Morgan fingerprint density at radius 3 is 2.34 bits per heavy atom. The maximum Gasteiger partial charge on any atom is 0.175 e. The van der Waals surface area contributed by atoms with Gasteiger partial charge in [0.25, 0.3) is 0 Å². The maximum atomic E-state index is 6.21. The van der Waals surface area contributed by atoms with Crippen molar-refractivity contribution in [1.82, 2.24) is 0 Å². The van der Waals surface area contributed by atoms with E-state index in [-0.39, 0.29) is 0 Å². The summed E-state index contributed by atoms with van der Waals surface area (Å²) in [6.07, 6.45) is 0. The highest BCUT2D eigenvalue weighted by Gasteiger charge is 2.13. The maximum absolute atomic E-state index is 6.21. The lowest BCUT2D eigenvalue weighted by atomic mass is 10.2. The summed E-state index contributed by atoms with van der Waals surface area (Å²) < 4.78 is 12.3. The van der Waals surface area contributed by atoms with Crippen LogP contribution in [0.15, 0.2) is 53.0 Å². The van der Waals surface area contributed by atoms with Crippen LogP contribution in [0.1, 0.15) is 11.1 Å². The van der Waals surface area contributed by atoms with Gasteiger partial charge in [-0.2, -0.15) is 0 Å². The van der Waals surface area contributed by atoms with Gasteiger partial charge in [-0.1, -0.05) is 52.5 Å². The highest BCUT2D eigenvalue weighted by Crippen LogP contribution is 2.38. The topological polar surface area (TPSA) is 30.5 Å². The molecule has 3 aromatic rings. The van der Waals surface area contributed by atoms with E-state index in [9.17, 15) is 0 Å². The Morgan fingerprint density at radius 1 is 0.862 bits per heavy atom. The molecule has 0 saturated heterocycles. The molecule has 0 aliphatic carbocycles. The fourth-order valence-corrected chi connectivity index (χ4v) is 4.03. The van der Waals surface area contributed by atoms with Crippen LogP contribution in [0.2, 0.25) is 20.1 Å². The first-order valence-electron chi connectivity index (χ1n) is 8.49. The predicted octanol–water partition coefficient (Wildman–Crippen LogP) is 8.26. The fourth-order valence-electron chi connectivity index (χ4n) is 2.63. The van der Waals surface area contributed by atoms with E-state index in [0.29, 0.717) is 44.7 Å². The average molecular weight is 536 g/mol. The molecule has 8 heteroatoms. The Balaban J connectivity index is 1.73. The molecule has 3 rings (SSSR count). The second kappa shape index (κ2) is 10.1. The van der Waals surface area contributed by atoms with Crippen molar-refractivity contribution in [2.75, 3.05) is 12.4 Å². The van der Waals surface area contributed by atoms with Gasteiger partial charge in [0.2, 0.25) is 0 Å². The van der Waals surface area contributed by atoms with Gasteiger partial charge < -0.3 is 14.8 Å². The molecule has 152 valence electrons. The van der Waals surface area contributed by atoms with Crippen LogP contribution in [0.5, 0.6) is 11.5 Å². The Labute approximate surface area is 197 Å². The van der Waals surface area contributed by atoms with E-state index in [1.807, 2.05) is 24.3 Å². The molecular weight excluding hydrogens is 520 g/mol. The van der Waals surface area contributed by atoms with Gasteiger partial charge in [0.05, 0.1) is 32.3 Å². The van der Waals surface area contributed by atoms with Crippen LogP contribution in [-0.4, -0.2) is 7.11 Å². The molecule has 0 fully saturated rings. The first-order chi connectivity index (χ1) is 13.9. The second-order valence-electron chi connectivity index (χ2n) is 6.12. The van der Waals surface area contributed by atoms with Gasteiger partial charge in [-0.05, 0) is 69.5 Å². The highest BCUT2D eigenvalue weighted by molar-refractivity contribution is 9.10. The van der Waals surface area contributed by atoms with Gasteiger partial charge in [-0.3, -0.25) is 0 Å². The monoisotopic (exact) mass is 533 g/mol. The number of benzene rings is 3. The molecule has 0 radical (unpaired) electrons. The van der Waals surface area contributed by atoms with E-state index in [2.05, 4.69) is 21.2 Å². The standard InChI is InChI=1S/C21H16BrCl4NO2/c1-28-20-8-13(10-27-19-5-3-14(23)9-18(19)26)6-15(22)21(20)29-11-12-2-4-16(24)17(25)7-12/h2-9,27H,10-11H2,1H3. The quantitative estimate of drug-likeness (QED) is 0.330. The van der Waals surface area contributed by atoms with Crippen LogP contribution in [0.25, 0.3) is 0 Å². The molecule has 3 nitrogen and oxygen atoms in total. The minimum Gasteiger partial charge on any atom is -0.493 e. The van der Waals surface area contributed by atoms with Gasteiger partial charge >= 0.3 is 0 Å². The number of nitrogens with one attached hydrogen (secondary N) is 1. The van der Waals surface area contributed by atoms with Crippen LogP contribution in [0, 0.1) is 0 Å². The minimum absolute atomic E-state index is 0.323. The van der Waals surface area contributed by atoms with E-state index in [1.54, 1.807) is 31.4 Å². The molecule has 0 saturated carbocycles. The molecule has 3 aromatic carbocycles. The number of hydrogen-bond donors (Lipinski definition) is 1. The van der Waals surface area contributed by atoms with E-state index >= 15 is 0 Å². The summed E-state index contributed by atoms with van der Waals surface area (Å²) >= 11 is 27.7. The molecule has 0 aromatic heterocycles. The predicted molar refractivity (Wildman–Crippen MR) is 125 cm³/mol. The van der Waals surface area contributed by atoms with Crippen molar-refractivity contribution >= 4 is 68.0 Å². The number of rotatable bonds is 7. The van der Waals surface area contributed by atoms with Crippen LogP contribution in [-0.2, 0) is 13.2 Å². The van der Waals surface area contributed by atoms with Crippen molar-refractivity contribution in [3.05, 3.63) is 84.2 Å². The lowest BCUT2D eigenvalue weighted by molar-refractivity contribution is 0.282. The zero-order valence-electron chi connectivity index (χ0n) is 15.2. The van der Waals surface area contributed by atoms with Gasteiger partial charge in [-0.15, -0.1) is 0 Å². The highest BCUT2D eigenvalue weighted by atomic mass is 79.9. The molecule has 0 spiro atoms. The van der Waals surface area contributed by atoms with Crippen LogP contribution >= 0.6 is 62.3 Å². The van der Waals surface area contributed by atoms with Gasteiger partial charge in [-0.25, -0.2) is 0 Å². The zero-order chi connectivity index (χ0) is 21.0. The third kappa shape index (κ3) is 5.87. The van der Waals surface area contributed by atoms with Gasteiger partial charge in [0.15, 0.2) is 11.5 Å². The zero-order valence-corrected chi connectivity index (χ0v) is 19.8. The largest absolute Gasteiger partial charge is 0.493 e. The van der Waals surface area contributed by atoms with E-state index < -0.39 is 0 Å². The molecule has 0 unspecified atom stereocenters. The first-order valence-corrected chi connectivity index (χ1v) is 10.8. The van der Waals surface area contributed by atoms with Crippen LogP contribution in [0.4, 0.5) is 5.69 Å². The number of methoxy groups -OCH3 is 1. The van der Waals surface area contributed by atoms with Crippen LogP contribution < -0.4 is 14.8 Å². The van der Waals surface area contributed by atoms with Crippen molar-refractivity contribution in [3.63, 3.8) is 0 Å². The van der Waals surface area contributed by atoms with E-state index in [1.165, 1.54) is 0 Å². The van der Waals surface area contributed by atoms with Crippen molar-refractivity contribution in [3.8, 4) is 11.5 Å². The fraction of sp³-hybridized carbons (Fsp3) is 0.143. The Morgan fingerprint density at radius 2 is 1.66 bits per heavy atom. The summed E-state index contributed by atoms with van der Waals surface area (Å²) in [5, 5.41) is 5.43. The molecule has 29 heavy (non-hydrogen) atoms. The van der Waals surface area contributed by atoms with Crippen molar-refractivity contribution in [2.45, 2.75) is 13.2 Å². The lowest BCUT2D eigenvalue weighted by Gasteiger charge is -2.16. The Kier molecular flexibility index (Phi) is 7.83. The molecule has 0 aliphatic heterocycles. The molecule has 0 aliphatic rings. The van der Waals surface area contributed by atoms with Crippen LogP contribution in [0.3, 0.4) is 0 Å². The third-order valence-corrected chi connectivity index (χ3v) is 5.95. The molecular formula is C21H16BrCl4NO2. The summed E-state index contributed by atoms with van der Waals surface area (Å²) in [7, 11) is 1.60. The van der Waals surface area contributed by atoms with E-state index in [4.69, 9.17) is 55.9 Å². The SMILES string of the molecule is COc1cc(CNc2ccc(Cl)cc2Cl)cc(Br)c1OCc1ccc(Cl)c(Cl)c1. The van der Waals surface area contributed by atoms with Crippen molar-refractivity contribution < 1.29 is 9.47 Å². The summed E-state index contributed by atoms with van der Waals surface area (Å²) in [5.41, 5.74) is 2.68.